The normalized spacial score (nSPS) is 12.6. The molecule has 0 aliphatic carbocycles. The molecule has 1 aromatic heterocycles. The van der Waals surface area contributed by atoms with E-state index in [1.807, 2.05) is 13.8 Å². The Morgan fingerprint density at radius 3 is 2.37 bits per heavy atom. The molecule has 6 heteroatoms. The predicted octanol–water partition coefficient (Wildman–Crippen LogP) is 1.85. The molecule has 0 spiro atoms. The smallest absolute Gasteiger partial charge is 0.227 e. The van der Waals surface area contributed by atoms with Gasteiger partial charge in [0.05, 0.1) is 24.3 Å². The van der Waals surface area contributed by atoms with Gasteiger partial charge in [0.1, 0.15) is 0 Å². The Labute approximate surface area is 115 Å². The number of rotatable bonds is 7. The van der Waals surface area contributed by atoms with Gasteiger partial charge in [0, 0.05) is 6.54 Å². The molecule has 1 heterocycles. The number of imidazole rings is 1. The monoisotopic (exact) mass is 288 g/mol. The molecule has 0 saturated carbocycles. The van der Waals surface area contributed by atoms with E-state index in [9.17, 15) is 13.5 Å². The van der Waals surface area contributed by atoms with Crippen molar-refractivity contribution >= 4 is 9.84 Å². The highest BCUT2D eigenvalue weighted by atomic mass is 32.2. The van der Waals surface area contributed by atoms with E-state index in [-0.39, 0.29) is 23.4 Å². The second-order valence-electron chi connectivity index (χ2n) is 5.70. The van der Waals surface area contributed by atoms with Crippen molar-refractivity contribution in [2.24, 2.45) is 11.8 Å². The highest BCUT2D eigenvalue weighted by Gasteiger charge is 2.24. The largest absolute Gasteiger partial charge is 0.390 e. The van der Waals surface area contributed by atoms with Gasteiger partial charge in [-0.2, -0.15) is 0 Å². The maximum atomic E-state index is 12.3. The third kappa shape index (κ3) is 4.31. The Hall–Kier alpha value is -0.880. The Kier molecular flexibility index (Phi) is 5.55. The van der Waals surface area contributed by atoms with Crippen molar-refractivity contribution < 1.29 is 13.5 Å². The molecule has 0 unspecified atom stereocenters. The van der Waals surface area contributed by atoms with Crippen molar-refractivity contribution in [1.29, 1.82) is 0 Å². The Morgan fingerprint density at radius 2 is 1.89 bits per heavy atom. The van der Waals surface area contributed by atoms with E-state index in [2.05, 4.69) is 18.8 Å². The van der Waals surface area contributed by atoms with Gasteiger partial charge in [0.2, 0.25) is 15.0 Å². The number of sulfone groups is 1. The van der Waals surface area contributed by atoms with E-state index in [0.717, 1.165) is 6.42 Å². The lowest BCUT2D eigenvalue weighted by atomic mass is 10.1. The molecule has 1 aromatic rings. The standard InChI is InChI=1S/C13H24N2O3S/c1-10(2)5-6-15-12(8-16)7-14-13(15)19(17,18)9-11(3)4/h7,10-11,16H,5-6,8-9H2,1-4H3. The SMILES string of the molecule is CC(C)CCn1c(CO)cnc1S(=O)(=O)CC(C)C. The Morgan fingerprint density at radius 1 is 1.26 bits per heavy atom. The number of aromatic nitrogens is 2. The minimum absolute atomic E-state index is 0.0535. The predicted molar refractivity (Wildman–Crippen MR) is 74.5 cm³/mol. The van der Waals surface area contributed by atoms with Gasteiger partial charge < -0.3 is 9.67 Å². The molecular formula is C13H24N2O3S. The molecule has 1 rings (SSSR count). The van der Waals surface area contributed by atoms with Crippen molar-refractivity contribution in [3.05, 3.63) is 11.9 Å². The molecule has 0 amide bonds. The fourth-order valence-electron chi connectivity index (χ4n) is 1.91. The first-order valence-corrected chi connectivity index (χ1v) is 8.31. The quantitative estimate of drug-likeness (QED) is 0.831. The summed E-state index contributed by atoms with van der Waals surface area (Å²) in [7, 11) is -3.39. The summed E-state index contributed by atoms with van der Waals surface area (Å²) >= 11 is 0. The minimum atomic E-state index is -3.39. The molecule has 0 saturated heterocycles. The number of hydrogen-bond acceptors (Lipinski definition) is 4. The van der Waals surface area contributed by atoms with E-state index in [1.54, 1.807) is 4.57 Å². The van der Waals surface area contributed by atoms with Crippen molar-refractivity contribution in [3.8, 4) is 0 Å². The molecule has 0 fully saturated rings. The highest BCUT2D eigenvalue weighted by Crippen LogP contribution is 2.17. The molecule has 0 aliphatic rings. The third-order valence-electron chi connectivity index (χ3n) is 2.82. The summed E-state index contributed by atoms with van der Waals surface area (Å²) in [5, 5.41) is 9.38. The summed E-state index contributed by atoms with van der Waals surface area (Å²) in [6.07, 6.45) is 2.31. The molecule has 0 aromatic carbocycles. The van der Waals surface area contributed by atoms with E-state index >= 15 is 0 Å². The zero-order valence-corrected chi connectivity index (χ0v) is 12.9. The molecular weight excluding hydrogens is 264 g/mol. The van der Waals surface area contributed by atoms with E-state index < -0.39 is 9.84 Å². The summed E-state index contributed by atoms with van der Waals surface area (Å²) in [5.74, 6) is 0.601. The number of aliphatic hydroxyl groups excluding tert-OH is 1. The maximum Gasteiger partial charge on any atom is 0.227 e. The lowest BCUT2D eigenvalue weighted by Crippen LogP contribution is -2.19. The summed E-state index contributed by atoms with van der Waals surface area (Å²) in [6.45, 7) is 8.27. The molecule has 110 valence electrons. The van der Waals surface area contributed by atoms with Crippen molar-refractivity contribution in [2.75, 3.05) is 5.75 Å². The van der Waals surface area contributed by atoms with Gasteiger partial charge >= 0.3 is 0 Å². The molecule has 19 heavy (non-hydrogen) atoms. The number of hydrogen-bond donors (Lipinski definition) is 1. The molecule has 0 atom stereocenters. The first-order valence-electron chi connectivity index (χ1n) is 6.66. The van der Waals surface area contributed by atoms with Crippen LogP contribution in [0, 0.1) is 11.8 Å². The minimum Gasteiger partial charge on any atom is -0.390 e. The van der Waals surface area contributed by atoms with Gasteiger partial charge in [-0.05, 0) is 18.3 Å². The van der Waals surface area contributed by atoms with Crippen LogP contribution in [0.1, 0.15) is 39.8 Å². The average Bonchev–Trinajstić information content (AvgIpc) is 2.67. The summed E-state index contributed by atoms with van der Waals surface area (Å²) in [5.41, 5.74) is 0.558. The average molecular weight is 288 g/mol. The van der Waals surface area contributed by atoms with Gasteiger partial charge in [0.25, 0.3) is 0 Å². The fourth-order valence-corrected chi connectivity index (χ4v) is 3.69. The first kappa shape index (κ1) is 16.2. The zero-order valence-electron chi connectivity index (χ0n) is 12.1. The molecule has 0 aliphatic heterocycles. The molecule has 5 nitrogen and oxygen atoms in total. The second kappa shape index (κ2) is 6.52. The molecule has 1 N–H and O–H groups in total. The van der Waals surface area contributed by atoms with Crippen LogP contribution in [0.2, 0.25) is 0 Å². The van der Waals surface area contributed by atoms with Gasteiger partial charge in [-0.15, -0.1) is 0 Å². The van der Waals surface area contributed by atoms with E-state index in [0.29, 0.717) is 18.2 Å². The van der Waals surface area contributed by atoms with Crippen LogP contribution in [0.5, 0.6) is 0 Å². The summed E-state index contributed by atoms with van der Waals surface area (Å²) < 4.78 is 26.2. The number of aliphatic hydroxyl groups is 1. The van der Waals surface area contributed by atoms with Crippen molar-refractivity contribution in [3.63, 3.8) is 0 Å². The van der Waals surface area contributed by atoms with Crippen molar-refractivity contribution in [2.45, 2.75) is 52.4 Å². The van der Waals surface area contributed by atoms with Crippen molar-refractivity contribution in [1.82, 2.24) is 9.55 Å². The second-order valence-corrected chi connectivity index (χ2v) is 7.63. The van der Waals surface area contributed by atoms with Crippen LogP contribution in [0.4, 0.5) is 0 Å². The van der Waals surface area contributed by atoms with Crippen LogP contribution < -0.4 is 0 Å². The van der Waals surface area contributed by atoms with Crippen LogP contribution in [0.15, 0.2) is 11.4 Å². The topological polar surface area (TPSA) is 72.2 Å². The van der Waals surface area contributed by atoms with E-state index in [4.69, 9.17) is 0 Å². The zero-order chi connectivity index (χ0) is 14.6. The van der Waals surface area contributed by atoms with Crippen LogP contribution in [0.3, 0.4) is 0 Å². The summed E-state index contributed by atoms with van der Waals surface area (Å²) in [6, 6.07) is 0. The third-order valence-corrected chi connectivity index (χ3v) is 4.81. The van der Waals surface area contributed by atoms with Crippen LogP contribution >= 0.6 is 0 Å². The molecule has 0 bridgehead atoms. The molecule has 0 radical (unpaired) electrons. The van der Waals surface area contributed by atoms with Gasteiger partial charge in [-0.3, -0.25) is 0 Å². The van der Waals surface area contributed by atoms with Gasteiger partial charge in [-0.1, -0.05) is 27.7 Å². The first-order chi connectivity index (χ1) is 8.77. The van der Waals surface area contributed by atoms with Gasteiger partial charge in [-0.25, -0.2) is 13.4 Å². The van der Waals surface area contributed by atoms with Gasteiger partial charge in [0.15, 0.2) is 0 Å². The van der Waals surface area contributed by atoms with E-state index in [1.165, 1.54) is 6.20 Å². The fraction of sp³-hybridized carbons (Fsp3) is 0.769. The van der Waals surface area contributed by atoms with Crippen LogP contribution in [0.25, 0.3) is 0 Å². The lowest BCUT2D eigenvalue weighted by Gasteiger charge is -2.13. The number of nitrogens with zero attached hydrogens (tertiary/aromatic N) is 2. The maximum absolute atomic E-state index is 12.3. The van der Waals surface area contributed by atoms with Crippen LogP contribution in [-0.4, -0.2) is 28.8 Å². The Bertz CT molecular complexity index is 504. The summed E-state index contributed by atoms with van der Waals surface area (Å²) in [4.78, 5) is 4.00. The highest BCUT2D eigenvalue weighted by molar-refractivity contribution is 7.91. The van der Waals surface area contributed by atoms with Crippen LogP contribution in [-0.2, 0) is 23.0 Å². The Balaban J connectivity index is 3.10. The lowest BCUT2D eigenvalue weighted by molar-refractivity contribution is 0.267.